The van der Waals surface area contributed by atoms with Crippen molar-refractivity contribution in [3.63, 3.8) is 0 Å². The van der Waals surface area contributed by atoms with Crippen LogP contribution in [0.2, 0.25) is 0 Å². The maximum absolute atomic E-state index is 10.7. The average Bonchev–Trinajstić information content (AvgIpc) is 2.62. The van der Waals surface area contributed by atoms with Gasteiger partial charge in [-0.1, -0.05) is 0 Å². The summed E-state index contributed by atoms with van der Waals surface area (Å²) in [6.45, 7) is 0. The summed E-state index contributed by atoms with van der Waals surface area (Å²) in [5.74, 6) is 0.475. The average molecular weight is 166 g/mol. The fourth-order valence-corrected chi connectivity index (χ4v) is 2.70. The van der Waals surface area contributed by atoms with E-state index in [4.69, 9.17) is 5.26 Å². The van der Waals surface area contributed by atoms with Crippen molar-refractivity contribution in [2.75, 3.05) is 0 Å². The highest BCUT2D eigenvalue weighted by Gasteiger charge is 2.60. The minimum atomic E-state index is -1.22. The zero-order valence-electron chi connectivity index (χ0n) is 6.69. The molecule has 2 aliphatic carbocycles. The highest BCUT2D eigenvalue weighted by Crippen LogP contribution is 2.51. The Labute approximate surface area is 70.3 Å². The largest absolute Gasteiger partial charge is 0.308 e. The molecular weight excluding hydrogens is 156 g/mol. The summed E-state index contributed by atoms with van der Waals surface area (Å²) >= 11 is 0. The molecule has 2 rings (SSSR count). The molecule has 0 N–H and O–H groups in total. The van der Waals surface area contributed by atoms with Crippen molar-refractivity contribution in [2.45, 2.75) is 31.2 Å². The SMILES string of the molecule is N#C[C@@]1([N+](=O)[O-])C[C@H]2CC[C@@H]1C2. The van der Waals surface area contributed by atoms with Gasteiger partial charge < -0.3 is 0 Å². The molecule has 12 heavy (non-hydrogen) atoms. The zero-order chi connectivity index (χ0) is 8.77. The second kappa shape index (κ2) is 2.19. The summed E-state index contributed by atoms with van der Waals surface area (Å²) in [4.78, 5) is 10.4. The van der Waals surface area contributed by atoms with Crippen LogP contribution in [0.1, 0.15) is 25.7 Å². The van der Waals surface area contributed by atoms with E-state index >= 15 is 0 Å². The van der Waals surface area contributed by atoms with E-state index in [1.54, 1.807) is 0 Å². The molecule has 0 amide bonds. The van der Waals surface area contributed by atoms with Crippen molar-refractivity contribution >= 4 is 0 Å². The number of hydrogen-bond donors (Lipinski definition) is 0. The van der Waals surface area contributed by atoms with Crippen molar-refractivity contribution in [3.8, 4) is 6.07 Å². The first-order chi connectivity index (χ1) is 5.69. The fourth-order valence-electron chi connectivity index (χ4n) is 2.70. The van der Waals surface area contributed by atoms with Crippen LogP contribution in [-0.2, 0) is 0 Å². The molecule has 0 unspecified atom stereocenters. The maximum Gasteiger partial charge on any atom is 0.308 e. The minimum absolute atomic E-state index is 0.0301. The number of nitrogens with zero attached hydrogens (tertiary/aromatic N) is 2. The number of hydrogen-bond acceptors (Lipinski definition) is 3. The topological polar surface area (TPSA) is 66.9 Å². The molecule has 0 aromatic carbocycles. The van der Waals surface area contributed by atoms with E-state index in [9.17, 15) is 10.1 Å². The van der Waals surface area contributed by atoms with Crippen molar-refractivity contribution in [1.82, 2.24) is 0 Å². The summed E-state index contributed by atoms with van der Waals surface area (Å²) in [7, 11) is 0. The van der Waals surface area contributed by atoms with E-state index in [0.717, 1.165) is 19.3 Å². The predicted molar refractivity (Wildman–Crippen MR) is 40.8 cm³/mol. The smallest absolute Gasteiger partial charge is 0.263 e. The Balaban J connectivity index is 2.33. The maximum atomic E-state index is 10.7. The molecular formula is C8H10N2O2. The zero-order valence-corrected chi connectivity index (χ0v) is 6.69. The van der Waals surface area contributed by atoms with Crippen LogP contribution in [0.5, 0.6) is 0 Å². The van der Waals surface area contributed by atoms with Gasteiger partial charge in [-0.25, -0.2) is 0 Å². The molecule has 2 bridgehead atoms. The molecule has 0 heterocycles. The number of fused-ring (bicyclic) bond motifs is 2. The van der Waals surface area contributed by atoms with Crippen LogP contribution >= 0.6 is 0 Å². The molecule has 2 saturated carbocycles. The van der Waals surface area contributed by atoms with Crippen molar-refractivity contribution < 1.29 is 4.92 Å². The van der Waals surface area contributed by atoms with Gasteiger partial charge in [-0.15, -0.1) is 0 Å². The summed E-state index contributed by atoms with van der Waals surface area (Å²) < 4.78 is 0. The van der Waals surface area contributed by atoms with Crippen LogP contribution in [-0.4, -0.2) is 10.5 Å². The monoisotopic (exact) mass is 166 g/mol. The normalized spacial score (nSPS) is 44.2. The molecule has 2 aliphatic rings. The number of nitriles is 1. The highest BCUT2D eigenvalue weighted by molar-refractivity contribution is 5.13. The molecule has 3 atom stereocenters. The standard InChI is InChI=1S/C8H10N2O2/c9-5-8(10(11)12)4-6-1-2-7(8)3-6/h6-7H,1-4H2/t6-,7+,8-/m0/s1. The van der Waals surface area contributed by atoms with Crippen LogP contribution in [0.25, 0.3) is 0 Å². The number of nitro groups is 1. The third-order valence-corrected chi connectivity index (χ3v) is 3.34. The molecule has 0 aromatic heterocycles. The Morgan fingerprint density at radius 2 is 2.33 bits per heavy atom. The first-order valence-corrected chi connectivity index (χ1v) is 4.25. The Kier molecular flexibility index (Phi) is 1.38. The van der Waals surface area contributed by atoms with E-state index < -0.39 is 5.54 Å². The van der Waals surface area contributed by atoms with Crippen molar-refractivity contribution in [2.24, 2.45) is 11.8 Å². The highest BCUT2D eigenvalue weighted by atomic mass is 16.6. The van der Waals surface area contributed by atoms with Crippen molar-refractivity contribution in [3.05, 3.63) is 10.1 Å². The molecule has 2 fully saturated rings. The fraction of sp³-hybridized carbons (Fsp3) is 0.875. The minimum Gasteiger partial charge on any atom is -0.263 e. The quantitative estimate of drug-likeness (QED) is 0.436. The van der Waals surface area contributed by atoms with Crippen LogP contribution < -0.4 is 0 Å². The first-order valence-electron chi connectivity index (χ1n) is 4.25. The summed E-state index contributed by atoms with van der Waals surface area (Å²) in [6, 6.07) is 1.91. The second-order valence-corrected chi connectivity index (χ2v) is 3.87. The van der Waals surface area contributed by atoms with E-state index in [0.29, 0.717) is 12.3 Å². The summed E-state index contributed by atoms with van der Waals surface area (Å²) in [5, 5.41) is 19.5. The molecule has 0 aromatic rings. The lowest BCUT2D eigenvalue weighted by molar-refractivity contribution is -0.561. The van der Waals surface area contributed by atoms with Gasteiger partial charge in [-0.2, -0.15) is 5.26 Å². The van der Waals surface area contributed by atoms with Gasteiger partial charge in [0.15, 0.2) is 0 Å². The molecule has 4 heteroatoms. The van der Waals surface area contributed by atoms with Gasteiger partial charge in [0.25, 0.3) is 0 Å². The van der Waals surface area contributed by atoms with E-state index in [1.807, 2.05) is 6.07 Å². The van der Waals surface area contributed by atoms with Gasteiger partial charge in [0.05, 0.1) is 0 Å². The Morgan fingerprint density at radius 3 is 2.58 bits per heavy atom. The molecule has 4 nitrogen and oxygen atoms in total. The molecule has 0 aliphatic heterocycles. The first kappa shape index (κ1) is 7.53. The second-order valence-electron chi connectivity index (χ2n) is 3.87. The van der Waals surface area contributed by atoms with E-state index in [1.165, 1.54) is 0 Å². The van der Waals surface area contributed by atoms with Crippen LogP contribution in [0, 0.1) is 33.3 Å². The molecule has 64 valence electrons. The lowest BCUT2D eigenvalue weighted by Gasteiger charge is -2.21. The Hall–Kier alpha value is -1.11. The molecule has 0 radical (unpaired) electrons. The van der Waals surface area contributed by atoms with Gasteiger partial charge in [0, 0.05) is 17.3 Å². The van der Waals surface area contributed by atoms with E-state index in [-0.39, 0.29) is 10.8 Å². The van der Waals surface area contributed by atoms with Gasteiger partial charge in [-0.05, 0) is 25.2 Å². The lowest BCUT2D eigenvalue weighted by Crippen LogP contribution is -2.41. The summed E-state index contributed by atoms with van der Waals surface area (Å²) in [5.41, 5.74) is -1.22. The molecule has 0 spiro atoms. The van der Waals surface area contributed by atoms with Gasteiger partial charge >= 0.3 is 5.54 Å². The van der Waals surface area contributed by atoms with Crippen LogP contribution in [0.3, 0.4) is 0 Å². The van der Waals surface area contributed by atoms with Gasteiger partial charge in [0.1, 0.15) is 6.07 Å². The molecule has 0 saturated heterocycles. The third-order valence-electron chi connectivity index (χ3n) is 3.34. The predicted octanol–water partition coefficient (Wildman–Crippen LogP) is 1.35. The van der Waals surface area contributed by atoms with Gasteiger partial charge in [0.2, 0.25) is 0 Å². The third kappa shape index (κ3) is 0.711. The number of rotatable bonds is 1. The van der Waals surface area contributed by atoms with Crippen LogP contribution in [0.4, 0.5) is 0 Å². The van der Waals surface area contributed by atoms with Gasteiger partial charge in [-0.3, -0.25) is 10.1 Å². The summed E-state index contributed by atoms with van der Waals surface area (Å²) in [6.07, 6.45) is 3.34. The van der Waals surface area contributed by atoms with Crippen molar-refractivity contribution in [1.29, 1.82) is 5.26 Å². The van der Waals surface area contributed by atoms with E-state index in [2.05, 4.69) is 0 Å². The Morgan fingerprint density at radius 1 is 1.58 bits per heavy atom. The lowest BCUT2D eigenvalue weighted by atomic mass is 9.83. The van der Waals surface area contributed by atoms with Crippen LogP contribution in [0.15, 0.2) is 0 Å². The Bertz CT molecular complexity index is 271.